The Kier molecular flexibility index (Phi) is 2.94. The largest absolute Gasteiger partial charge is 0.507 e. The topological polar surface area (TPSA) is 32.3 Å². The van der Waals surface area contributed by atoms with Crippen LogP contribution in [0.15, 0.2) is 18.2 Å². The maximum atomic E-state index is 9.84. The normalized spacial score (nSPS) is 22.1. The van der Waals surface area contributed by atoms with Crippen molar-refractivity contribution in [1.29, 1.82) is 0 Å². The highest BCUT2D eigenvalue weighted by molar-refractivity contribution is 5.39. The third kappa shape index (κ3) is 2.38. The van der Waals surface area contributed by atoms with E-state index in [9.17, 15) is 5.11 Å². The van der Waals surface area contributed by atoms with E-state index in [0.29, 0.717) is 11.2 Å². The number of aryl methyl sites for hydroxylation is 1. The van der Waals surface area contributed by atoms with E-state index in [1.165, 1.54) is 6.42 Å². The first-order valence-electron chi connectivity index (χ1n) is 5.99. The molecule has 0 saturated heterocycles. The quantitative estimate of drug-likeness (QED) is 0.816. The van der Waals surface area contributed by atoms with Crippen LogP contribution in [-0.4, -0.2) is 11.7 Å². The van der Waals surface area contributed by atoms with Gasteiger partial charge in [-0.25, -0.2) is 0 Å². The van der Waals surface area contributed by atoms with Crippen molar-refractivity contribution in [3.05, 3.63) is 29.3 Å². The Balaban J connectivity index is 1.84. The smallest absolute Gasteiger partial charge is 0.122 e. The number of phenolic OH excluding ortho intramolecular Hbond substituents is 1. The van der Waals surface area contributed by atoms with E-state index < -0.39 is 0 Å². The van der Waals surface area contributed by atoms with E-state index in [-0.39, 0.29) is 0 Å². The lowest BCUT2D eigenvalue weighted by molar-refractivity contribution is 0.457. The number of para-hydroxylation sites is 1. The third-order valence-electron chi connectivity index (χ3n) is 3.75. The molecule has 1 saturated carbocycles. The fraction of sp³-hybridized carbons (Fsp3) is 0.571. The minimum atomic E-state index is 0.435. The molecule has 0 bridgehead atoms. The monoisotopic (exact) mass is 219 g/mol. The van der Waals surface area contributed by atoms with Gasteiger partial charge in [0.2, 0.25) is 0 Å². The van der Waals surface area contributed by atoms with Gasteiger partial charge in [0.1, 0.15) is 5.75 Å². The van der Waals surface area contributed by atoms with Crippen molar-refractivity contribution in [2.45, 2.75) is 33.7 Å². The molecule has 2 N–H and O–H groups in total. The van der Waals surface area contributed by atoms with Crippen LogP contribution < -0.4 is 5.32 Å². The highest BCUT2D eigenvalue weighted by Gasteiger charge is 2.44. The number of benzene rings is 1. The summed E-state index contributed by atoms with van der Waals surface area (Å²) in [7, 11) is 0. The third-order valence-corrected chi connectivity index (χ3v) is 3.75. The lowest BCUT2D eigenvalue weighted by Crippen LogP contribution is -2.18. The van der Waals surface area contributed by atoms with Crippen molar-refractivity contribution in [3.8, 4) is 5.75 Å². The summed E-state index contributed by atoms with van der Waals surface area (Å²) in [5, 5.41) is 13.3. The Bertz CT molecular complexity index is 384. The maximum Gasteiger partial charge on any atom is 0.122 e. The van der Waals surface area contributed by atoms with Crippen molar-refractivity contribution < 1.29 is 5.11 Å². The zero-order chi connectivity index (χ0) is 11.8. The number of rotatable bonds is 4. The fourth-order valence-corrected chi connectivity index (χ4v) is 2.17. The number of hydrogen-bond acceptors (Lipinski definition) is 2. The van der Waals surface area contributed by atoms with Crippen molar-refractivity contribution in [2.75, 3.05) is 6.54 Å². The van der Waals surface area contributed by atoms with Gasteiger partial charge in [0, 0.05) is 12.1 Å². The Morgan fingerprint density at radius 1 is 1.44 bits per heavy atom. The van der Waals surface area contributed by atoms with Gasteiger partial charge in [-0.3, -0.25) is 0 Å². The van der Waals surface area contributed by atoms with Crippen LogP contribution in [0.4, 0.5) is 0 Å². The SMILES string of the molecule is Cc1cccc(CNCC2CC2(C)C)c1O. The van der Waals surface area contributed by atoms with Crippen molar-refractivity contribution in [1.82, 2.24) is 5.32 Å². The molecule has 1 aliphatic carbocycles. The molecule has 1 unspecified atom stereocenters. The zero-order valence-electron chi connectivity index (χ0n) is 10.4. The predicted octanol–water partition coefficient (Wildman–Crippen LogP) is 2.84. The predicted molar refractivity (Wildman–Crippen MR) is 66.4 cm³/mol. The number of aromatic hydroxyl groups is 1. The minimum Gasteiger partial charge on any atom is -0.507 e. The van der Waals surface area contributed by atoms with Gasteiger partial charge >= 0.3 is 0 Å². The summed E-state index contributed by atoms with van der Waals surface area (Å²) >= 11 is 0. The van der Waals surface area contributed by atoms with Gasteiger partial charge in [0.15, 0.2) is 0 Å². The molecule has 2 heteroatoms. The zero-order valence-corrected chi connectivity index (χ0v) is 10.4. The summed E-state index contributed by atoms with van der Waals surface area (Å²) in [6, 6.07) is 5.91. The van der Waals surface area contributed by atoms with Gasteiger partial charge in [-0.05, 0) is 36.8 Å². The van der Waals surface area contributed by atoms with E-state index in [2.05, 4.69) is 19.2 Å². The van der Waals surface area contributed by atoms with E-state index in [1.54, 1.807) is 0 Å². The molecule has 1 aromatic carbocycles. The summed E-state index contributed by atoms with van der Waals surface area (Å²) < 4.78 is 0. The Labute approximate surface area is 97.7 Å². The molecule has 0 amide bonds. The molecule has 0 spiro atoms. The van der Waals surface area contributed by atoms with Crippen LogP contribution in [0.1, 0.15) is 31.4 Å². The van der Waals surface area contributed by atoms with Crippen LogP contribution in [0.25, 0.3) is 0 Å². The highest BCUT2D eigenvalue weighted by atomic mass is 16.3. The highest BCUT2D eigenvalue weighted by Crippen LogP contribution is 2.51. The van der Waals surface area contributed by atoms with E-state index >= 15 is 0 Å². The fourth-order valence-electron chi connectivity index (χ4n) is 2.17. The molecule has 88 valence electrons. The summed E-state index contributed by atoms with van der Waals surface area (Å²) in [4.78, 5) is 0. The van der Waals surface area contributed by atoms with Gasteiger partial charge in [0.25, 0.3) is 0 Å². The average Bonchev–Trinajstić information content (AvgIpc) is 2.81. The molecule has 0 heterocycles. The molecule has 0 aromatic heterocycles. The summed E-state index contributed by atoms with van der Waals surface area (Å²) in [6.45, 7) is 8.37. The Morgan fingerprint density at radius 2 is 2.12 bits per heavy atom. The van der Waals surface area contributed by atoms with Gasteiger partial charge in [-0.15, -0.1) is 0 Å². The maximum absolute atomic E-state index is 9.84. The Morgan fingerprint density at radius 3 is 2.75 bits per heavy atom. The van der Waals surface area contributed by atoms with Crippen molar-refractivity contribution >= 4 is 0 Å². The molecule has 0 aliphatic heterocycles. The van der Waals surface area contributed by atoms with E-state index in [0.717, 1.165) is 30.1 Å². The van der Waals surface area contributed by atoms with Crippen LogP contribution >= 0.6 is 0 Å². The second-order valence-electron chi connectivity index (χ2n) is 5.60. The molecule has 1 fully saturated rings. The first kappa shape index (κ1) is 11.5. The molecule has 0 radical (unpaired) electrons. The van der Waals surface area contributed by atoms with Crippen LogP contribution in [0.2, 0.25) is 0 Å². The number of hydrogen-bond donors (Lipinski definition) is 2. The minimum absolute atomic E-state index is 0.435. The number of nitrogens with one attached hydrogen (secondary N) is 1. The molecule has 2 nitrogen and oxygen atoms in total. The van der Waals surface area contributed by atoms with Crippen LogP contribution in [-0.2, 0) is 6.54 Å². The summed E-state index contributed by atoms with van der Waals surface area (Å²) in [5.74, 6) is 1.24. The Hall–Kier alpha value is -1.02. The molecular weight excluding hydrogens is 198 g/mol. The van der Waals surface area contributed by atoms with Gasteiger partial charge in [-0.2, -0.15) is 0 Å². The molecule has 1 aliphatic rings. The molecule has 16 heavy (non-hydrogen) atoms. The van der Waals surface area contributed by atoms with Crippen LogP contribution in [0.5, 0.6) is 5.75 Å². The van der Waals surface area contributed by atoms with Gasteiger partial charge in [-0.1, -0.05) is 32.0 Å². The lowest BCUT2D eigenvalue weighted by atomic mass is 10.1. The second-order valence-corrected chi connectivity index (χ2v) is 5.60. The first-order valence-corrected chi connectivity index (χ1v) is 5.99. The second kappa shape index (κ2) is 4.10. The lowest BCUT2D eigenvalue weighted by Gasteiger charge is -2.09. The summed E-state index contributed by atoms with van der Waals surface area (Å²) in [5.41, 5.74) is 2.48. The van der Waals surface area contributed by atoms with Gasteiger partial charge in [0.05, 0.1) is 0 Å². The molecular formula is C14H21NO. The summed E-state index contributed by atoms with van der Waals surface area (Å²) in [6.07, 6.45) is 1.32. The van der Waals surface area contributed by atoms with Crippen LogP contribution in [0, 0.1) is 18.3 Å². The number of phenols is 1. The molecule has 1 atom stereocenters. The average molecular weight is 219 g/mol. The first-order chi connectivity index (χ1) is 7.50. The standard InChI is InChI=1S/C14H21NO/c1-10-5-4-6-11(13(10)16)8-15-9-12-7-14(12,2)3/h4-6,12,15-16H,7-9H2,1-3H3. The van der Waals surface area contributed by atoms with Crippen molar-refractivity contribution in [3.63, 3.8) is 0 Å². The van der Waals surface area contributed by atoms with E-state index in [4.69, 9.17) is 0 Å². The molecule has 1 aromatic rings. The van der Waals surface area contributed by atoms with E-state index in [1.807, 2.05) is 25.1 Å². The van der Waals surface area contributed by atoms with Gasteiger partial charge < -0.3 is 10.4 Å². The van der Waals surface area contributed by atoms with Crippen molar-refractivity contribution in [2.24, 2.45) is 11.3 Å². The van der Waals surface area contributed by atoms with Crippen LogP contribution in [0.3, 0.4) is 0 Å². The molecule has 2 rings (SSSR count).